The monoisotopic (exact) mass is 495 g/mol. The fourth-order valence-corrected chi connectivity index (χ4v) is 5.11. The molecule has 2 heterocycles. The van der Waals surface area contributed by atoms with Crippen LogP contribution in [-0.4, -0.2) is 45.5 Å². The van der Waals surface area contributed by atoms with Crippen LogP contribution in [-0.2, 0) is 16.7 Å². The third kappa shape index (κ3) is 5.46. The van der Waals surface area contributed by atoms with Crippen LogP contribution in [0.3, 0.4) is 0 Å². The summed E-state index contributed by atoms with van der Waals surface area (Å²) in [5.74, 6) is -0.362. The zero-order valence-electron chi connectivity index (χ0n) is 19.7. The summed E-state index contributed by atoms with van der Waals surface area (Å²) in [5.41, 5.74) is 2.05. The van der Waals surface area contributed by atoms with Crippen molar-refractivity contribution in [3.63, 3.8) is 0 Å². The van der Waals surface area contributed by atoms with Gasteiger partial charge in [-0.05, 0) is 36.1 Å². The van der Waals surface area contributed by atoms with E-state index in [0.29, 0.717) is 36.9 Å². The number of rotatable bonds is 7. The first-order valence-electron chi connectivity index (χ1n) is 12.1. The van der Waals surface area contributed by atoms with Crippen LogP contribution in [0.25, 0.3) is 17.5 Å². The van der Waals surface area contributed by atoms with Crippen molar-refractivity contribution in [1.29, 1.82) is 0 Å². The molecule has 5 rings (SSSR count). The predicted molar refractivity (Wildman–Crippen MR) is 128 cm³/mol. The molecule has 1 aliphatic carbocycles. The third-order valence-electron chi connectivity index (χ3n) is 6.98. The quantitative estimate of drug-likeness (QED) is 0.414. The summed E-state index contributed by atoms with van der Waals surface area (Å²) < 4.78 is 38.1. The summed E-state index contributed by atoms with van der Waals surface area (Å²) >= 11 is 0. The minimum Gasteiger partial charge on any atom is -0.450 e. The second-order valence-corrected chi connectivity index (χ2v) is 9.56. The molecule has 0 spiro atoms. The topological polar surface area (TPSA) is 88.7 Å². The average molecular weight is 496 g/mol. The zero-order valence-corrected chi connectivity index (χ0v) is 19.7. The lowest BCUT2D eigenvalue weighted by atomic mass is 9.69. The average Bonchev–Trinajstić information content (AvgIpc) is 3.31. The van der Waals surface area contributed by atoms with E-state index in [2.05, 4.69) is 15.0 Å². The maximum absolute atomic E-state index is 14.0. The van der Waals surface area contributed by atoms with Crippen LogP contribution in [0.2, 0.25) is 0 Å². The van der Waals surface area contributed by atoms with E-state index in [0.717, 1.165) is 49.3 Å². The Labute approximate surface area is 207 Å². The van der Waals surface area contributed by atoms with Gasteiger partial charge in [0.1, 0.15) is 17.7 Å². The van der Waals surface area contributed by atoms with E-state index in [9.17, 15) is 13.6 Å². The Hall–Kier alpha value is -3.59. The number of halogens is 2. The molecule has 1 N–H and O–H groups in total. The van der Waals surface area contributed by atoms with Gasteiger partial charge in [0, 0.05) is 42.8 Å². The fourth-order valence-electron chi connectivity index (χ4n) is 5.11. The van der Waals surface area contributed by atoms with E-state index >= 15 is 0 Å². The van der Waals surface area contributed by atoms with Crippen molar-refractivity contribution in [2.45, 2.75) is 50.2 Å². The van der Waals surface area contributed by atoms with Crippen LogP contribution < -0.4 is 0 Å². The van der Waals surface area contributed by atoms with E-state index in [-0.39, 0.29) is 6.10 Å². The van der Waals surface area contributed by atoms with E-state index in [1.807, 2.05) is 30.3 Å². The molecule has 1 saturated carbocycles. The molecule has 0 atom stereocenters. The van der Waals surface area contributed by atoms with Gasteiger partial charge in [0.2, 0.25) is 5.82 Å². The van der Waals surface area contributed by atoms with Crippen molar-refractivity contribution in [2.75, 3.05) is 13.1 Å². The van der Waals surface area contributed by atoms with Crippen LogP contribution in [0.15, 0.2) is 53.1 Å². The first-order valence-corrected chi connectivity index (χ1v) is 12.1. The van der Waals surface area contributed by atoms with Gasteiger partial charge in [-0.1, -0.05) is 54.8 Å². The molecular weight excluding hydrogens is 468 g/mol. The van der Waals surface area contributed by atoms with E-state index in [1.165, 1.54) is 12.1 Å². The van der Waals surface area contributed by atoms with E-state index < -0.39 is 23.2 Å². The Kier molecular flexibility index (Phi) is 6.82. The number of likely N-dealkylation sites (tertiary alicyclic amines) is 1. The van der Waals surface area contributed by atoms with Gasteiger partial charge in [-0.3, -0.25) is 4.90 Å². The lowest BCUT2D eigenvalue weighted by molar-refractivity contribution is -0.0363. The summed E-state index contributed by atoms with van der Waals surface area (Å²) in [6.07, 6.45) is 6.86. The molecule has 0 amide bonds. The zero-order chi connectivity index (χ0) is 25.1. The van der Waals surface area contributed by atoms with Crippen molar-refractivity contribution >= 4 is 12.2 Å². The molecule has 36 heavy (non-hydrogen) atoms. The van der Waals surface area contributed by atoms with E-state index in [1.54, 1.807) is 6.08 Å². The summed E-state index contributed by atoms with van der Waals surface area (Å²) in [6, 6.07) is 11.5. The maximum Gasteiger partial charge on any atom is 0.506 e. The highest BCUT2D eigenvalue weighted by atomic mass is 19.1. The number of hydrogen-bond donors (Lipinski definition) is 1. The normalized spacial score (nSPS) is 18.3. The Balaban J connectivity index is 1.26. The number of benzene rings is 2. The number of allylic oxidation sites excluding steroid dienone is 1. The number of aromatic nitrogens is 2. The van der Waals surface area contributed by atoms with Crippen LogP contribution >= 0.6 is 0 Å². The highest BCUT2D eigenvalue weighted by Gasteiger charge is 2.32. The molecule has 7 nitrogen and oxygen atoms in total. The number of hydrogen-bond acceptors (Lipinski definition) is 6. The van der Waals surface area contributed by atoms with Crippen molar-refractivity contribution in [2.24, 2.45) is 0 Å². The van der Waals surface area contributed by atoms with Crippen LogP contribution in [0.4, 0.5) is 13.6 Å². The first kappa shape index (κ1) is 24.1. The number of carbonyl (C=O) groups is 1. The van der Waals surface area contributed by atoms with Gasteiger partial charge in [-0.2, -0.15) is 4.98 Å². The Morgan fingerprint density at radius 1 is 1.11 bits per heavy atom. The molecule has 1 aromatic heterocycles. The van der Waals surface area contributed by atoms with Crippen LogP contribution in [0.5, 0.6) is 0 Å². The number of nitrogens with zero attached hydrogens (tertiary/aromatic N) is 3. The molecule has 3 aromatic rings. The smallest absolute Gasteiger partial charge is 0.450 e. The van der Waals surface area contributed by atoms with E-state index in [4.69, 9.17) is 14.4 Å². The molecule has 0 radical (unpaired) electrons. The highest BCUT2D eigenvalue weighted by molar-refractivity contribution is 5.57. The molecule has 1 saturated heterocycles. The number of ether oxygens (including phenoxy) is 1. The van der Waals surface area contributed by atoms with Gasteiger partial charge in [-0.25, -0.2) is 13.6 Å². The second kappa shape index (κ2) is 10.2. The molecular formula is C27H27F2N3O4. The van der Waals surface area contributed by atoms with Gasteiger partial charge >= 0.3 is 6.16 Å². The molecule has 1 aliphatic heterocycles. The lowest BCUT2D eigenvalue weighted by Gasteiger charge is -2.37. The summed E-state index contributed by atoms with van der Waals surface area (Å²) in [5, 5.41) is 12.7. The Bertz CT molecular complexity index is 1230. The van der Waals surface area contributed by atoms with Crippen LogP contribution in [0.1, 0.15) is 49.1 Å². The SMILES string of the molecule is O=C(O)OC1CN(Cc2ccc(-c3noc(/C=C/C4(c5cc(F)cc(F)c5)CCCCC4)n3)cc2)C1. The maximum atomic E-state index is 14.0. The Morgan fingerprint density at radius 2 is 1.81 bits per heavy atom. The molecule has 2 aromatic carbocycles. The summed E-state index contributed by atoms with van der Waals surface area (Å²) in [7, 11) is 0. The van der Waals surface area contributed by atoms with Gasteiger partial charge in [0.15, 0.2) is 0 Å². The largest absolute Gasteiger partial charge is 0.506 e. The fraction of sp³-hybridized carbons (Fsp3) is 0.370. The van der Waals surface area contributed by atoms with Gasteiger partial charge in [-0.15, -0.1) is 0 Å². The van der Waals surface area contributed by atoms with Gasteiger partial charge < -0.3 is 14.4 Å². The number of carboxylic acid groups (broad SMARTS) is 1. The predicted octanol–water partition coefficient (Wildman–Crippen LogP) is 5.81. The molecule has 0 bridgehead atoms. The molecule has 2 fully saturated rings. The standard InChI is InChI=1S/C27H27F2N3O4/c28-21-12-20(13-22(29)14-21)27(9-2-1-3-10-27)11-8-24-30-25(31-36-24)19-6-4-18(5-7-19)15-32-16-23(17-32)35-26(33)34/h4-8,11-14,23H,1-3,9-10,15-17H2,(H,33,34)/b11-8+. The van der Waals surface area contributed by atoms with Crippen molar-refractivity contribution in [3.8, 4) is 11.4 Å². The lowest BCUT2D eigenvalue weighted by Crippen LogP contribution is -2.52. The summed E-state index contributed by atoms with van der Waals surface area (Å²) in [6.45, 7) is 1.86. The van der Waals surface area contributed by atoms with Gasteiger partial charge in [0.05, 0.1) is 0 Å². The summed E-state index contributed by atoms with van der Waals surface area (Å²) in [4.78, 5) is 17.2. The van der Waals surface area contributed by atoms with Crippen molar-refractivity contribution in [3.05, 3.63) is 77.2 Å². The molecule has 0 unspecified atom stereocenters. The Morgan fingerprint density at radius 3 is 2.47 bits per heavy atom. The van der Waals surface area contributed by atoms with Gasteiger partial charge in [0.25, 0.3) is 5.89 Å². The van der Waals surface area contributed by atoms with Crippen molar-refractivity contribution < 1.29 is 27.9 Å². The molecule has 2 aliphatic rings. The highest BCUT2D eigenvalue weighted by Crippen LogP contribution is 2.41. The van der Waals surface area contributed by atoms with Crippen LogP contribution in [0, 0.1) is 11.6 Å². The minimum absolute atomic E-state index is 0.264. The second-order valence-electron chi connectivity index (χ2n) is 9.56. The third-order valence-corrected chi connectivity index (χ3v) is 6.98. The molecule has 9 heteroatoms. The molecule has 188 valence electrons. The minimum atomic E-state index is -1.24. The first-order chi connectivity index (χ1) is 17.4. The van der Waals surface area contributed by atoms with Crippen molar-refractivity contribution in [1.82, 2.24) is 15.0 Å².